The summed E-state index contributed by atoms with van der Waals surface area (Å²) in [6.45, 7) is 16.0. The molecule has 37 heavy (non-hydrogen) atoms. The molecule has 8 nitrogen and oxygen atoms in total. The lowest BCUT2D eigenvalue weighted by atomic mass is 9.86. The molecule has 1 radical (unpaired) electrons. The van der Waals surface area contributed by atoms with E-state index in [1.807, 2.05) is 50.2 Å². The Bertz CT molecular complexity index is 1080. The van der Waals surface area contributed by atoms with Gasteiger partial charge in [0.15, 0.2) is 6.29 Å². The van der Waals surface area contributed by atoms with Crippen molar-refractivity contribution in [2.75, 3.05) is 30.0 Å². The first kappa shape index (κ1) is 28.8. The van der Waals surface area contributed by atoms with E-state index in [4.69, 9.17) is 13.9 Å². The minimum Gasteiger partial charge on any atom is -0.413 e. The zero-order chi connectivity index (χ0) is 27.2. The van der Waals surface area contributed by atoms with E-state index in [2.05, 4.69) is 50.6 Å². The van der Waals surface area contributed by atoms with Crippen molar-refractivity contribution in [2.24, 2.45) is 0 Å². The van der Waals surface area contributed by atoms with Crippen LogP contribution in [0.5, 0.6) is 0 Å². The first-order valence-electron chi connectivity index (χ1n) is 12.8. The fourth-order valence-electron chi connectivity index (χ4n) is 4.20. The lowest BCUT2D eigenvalue weighted by Crippen LogP contribution is -2.43. The number of fused-ring (bicyclic) bond motifs is 1. The van der Waals surface area contributed by atoms with Gasteiger partial charge in [0, 0.05) is 35.7 Å². The Hall–Kier alpha value is -2.72. The highest BCUT2D eigenvalue weighted by molar-refractivity contribution is 6.48. The van der Waals surface area contributed by atoms with Gasteiger partial charge in [-0.05, 0) is 50.1 Å². The minimum atomic E-state index is -0.906. The third-order valence-electron chi connectivity index (χ3n) is 6.10. The van der Waals surface area contributed by atoms with E-state index in [0.29, 0.717) is 25.5 Å². The van der Waals surface area contributed by atoms with Crippen LogP contribution in [-0.2, 0) is 30.7 Å². The van der Waals surface area contributed by atoms with Gasteiger partial charge in [-0.3, -0.25) is 4.79 Å². The van der Waals surface area contributed by atoms with Crippen molar-refractivity contribution in [1.29, 1.82) is 0 Å². The average molecular weight is 527 g/mol. The van der Waals surface area contributed by atoms with Crippen LogP contribution < -0.4 is 15.5 Å². The van der Waals surface area contributed by atoms with Gasteiger partial charge in [-0.15, -0.1) is 0 Å². The summed E-state index contributed by atoms with van der Waals surface area (Å²) in [5.41, 5.74) is 4.18. The van der Waals surface area contributed by atoms with Gasteiger partial charge in [-0.2, -0.15) is 0 Å². The number of hydrogen-bond donors (Lipinski definition) is 2. The molecule has 9 heteroatoms. The average Bonchev–Trinajstić information content (AvgIpc) is 3.09. The molecule has 0 aromatic heterocycles. The van der Waals surface area contributed by atoms with Crippen LogP contribution in [0, 0.1) is 0 Å². The molecular formula is C28H40N3O5Si. The second-order valence-electron chi connectivity index (χ2n) is 10.2. The fraction of sp³-hybridized carbons (Fsp3) is 0.500. The highest BCUT2D eigenvalue weighted by Crippen LogP contribution is 2.36. The first-order chi connectivity index (χ1) is 17.5. The Kier molecular flexibility index (Phi) is 9.89. The predicted octanol–water partition coefficient (Wildman–Crippen LogP) is 5.36. The van der Waals surface area contributed by atoms with Crippen molar-refractivity contribution in [1.82, 2.24) is 5.32 Å². The van der Waals surface area contributed by atoms with Crippen molar-refractivity contribution in [3.8, 4) is 0 Å². The van der Waals surface area contributed by atoms with Crippen LogP contribution in [0.15, 0.2) is 42.5 Å². The molecule has 3 rings (SSSR count). The first-order valence-corrected chi connectivity index (χ1v) is 15.2. The van der Waals surface area contributed by atoms with E-state index in [-0.39, 0.29) is 17.9 Å². The molecular weight excluding hydrogens is 486 g/mol. The highest BCUT2D eigenvalue weighted by Gasteiger charge is 2.39. The molecule has 0 spiro atoms. The van der Waals surface area contributed by atoms with Crippen molar-refractivity contribution in [2.45, 2.75) is 72.1 Å². The number of carbonyl (C=O) groups is 2. The van der Waals surface area contributed by atoms with Gasteiger partial charge in [-0.25, -0.2) is 4.79 Å². The largest absolute Gasteiger partial charge is 0.413 e. The van der Waals surface area contributed by atoms with Crippen LogP contribution in [0.3, 0.4) is 0 Å². The maximum absolute atomic E-state index is 13.4. The minimum absolute atomic E-state index is 0.0357. The number of ether oxygens (including phenoxy) is 2. The lowest BCUT2D eigenvalue weighted by molar-refractivity contribution is -0.135. The Morgan fingerprint density at radius 1 is 1.08 bits per heavy atom. The molecule has 1 aliphatic rings. The van der Waals surface area contributed by atoms with Crippen LogP contribution in [0.1, 0.15) is 57.4 Å². The molecule has 0 bridgehead atoms. The number of anilines is 2. The molecule has 201 valence electrons. The summed E-state index contributed by atoms with van der Waals surface area (Å²) in [6, 6.07) is 12.2. The van der Waals surface area contributed by atoms with Crippen LogP contribution >= 0.6 is 0 Å². The van der Waals surface area contributed by atoms with E-state index in [1.165, 1.54) is 0 Å². The quantitative estimate of drug-likeness (QED) is 0.304. The fourth-order valence-corrected chi connectivity index (χ4v) is 4.64. The Morgan fingerprint density at radius 2 is 1.76 bits per heavy atom. The Balaban J connectivity index is 1.80. The SMILES string of the molecule is CCOC(CN1C(=O)C(NC(=O)Nc2ccc(C(C)(C)C)cc2CO[Si](C)C)c2ccccc21)OCC. The zero-order valence-electron chi connectivity index (χ0n) is 23.0. The number of hydrogen-bond acceptors (Lipinski definition) is 5. The number of rotatable bonds is 11. The molecule has 1 heterocycles. The van der Waals surface area contributed by atoms with Crippen molar-refractivity contribution in [3.05, 3.63) is 59.2 Å². The topological polar surface area (TPSA) is 89.1 Å². The molecule has 0 saturated carbocycles. The summed E-state index contributed by atoms with van der Waals surface area (Å²) in [6.07, 6.45) is -0.549. The van der Waals surface area contributed by atoms with E-state index in [1.54, 1.807) is 4.90 Å². The van der Waals surface area contributed by atoms with Gasteiger partial charge in [0.25, 0.3) is 5.91 Å². The van der Waals surface area contributed by atoms with Crippen LogP contribution in [0.4, 0.5) is 16.2 Å². The summed E-state index contributed by atoms with van der Waals surface area (Å²) in [5, 5.41) is 5.83. The van der Waals surface area contributed by atoms with E-state index >= 15 is 0 Å². The third-order valence-corrected chi connectivity index (χ3v) is 6.82. The predicted molar refractivity (Wildman–Crippen MR) is 148 cm³/mol. The summed E-state index contributed by atoms with van der Waals surface area (Å²) in [7, 11) is -0.906. The monoisotopic (exact) mass is 526 g/mol. The van der Waals surface area contributed by atoms with Gasteiger partial charge >= 0.3 is 6.03 Å². The third kappa shape index (κ3) is 7.41. The van der Waals surface area contributed by atoms with Gasteiger partial charge in [0.05, 0.1) is 13.2 Å². The summed E-state index contributed by atoms with van der Waals surface area (Å²) in [4.78, 5) is 28.2. The Labute approximate surface area is 222 Å². The standard InChI is InChI=1S/C28H40N3O5Si/c1-8-34-24(35-9-2)17-31-23-13-11-10-12-21(23)25(26(31)32)30-27(33)29-22-15-14-20(28(3,4)5)16-19(22)18-36-37(6)7/h10-16,24-25H,8-9,17-18H2,1-7H3,(H2,29,30,33). The van der Waals surface area contributed by atoms with Gasteiger partial charge in [0.2, 0.25) is 9.04 Å². The van der Waals surface area contributed by atoms with Gasteiger partial charge in [-0.1, -0.05) is 51.1 Å². The number of urea groups is 1. The molecule has 1 aliphatic heterocycles. The van der Waals surface area contributed by atoms with E-state index in [9.17, 15) is 9.59 Å². The van der Waals surface area contributed by atoms with Gasteiger partial charge < -0.3 is 29.4 Å². The number of nitrogens with zero attached hydrogens (tertiary/aromatic N) is 1. The van der Waals surface area contributed by atoms with Crippen LogP contribution in [0.25, 0.3) is 0 Å². The van der Waals surface area contributed by atoms with Gasteiger partial charge in [0.1, 0.15) is 6.04 Å². The second kappa shape index (κ2) is 12.7. The Morgan fingerprint density at radius 3 is 2.38 bits per heavy atom. The summed E-state index contributed by atoms with van der Waals surface area (Å²) in [5.74, 6) is -0.225. The molecule has 2 aromatic rings. The maximum atomic E-state index is 13.4. The van der Waals surface area contributed by atoms with E-state index < -0.39 is 27.4 Å². The number of para-hydroxylation sites is 1. The normalized spacial score (nSPS) is 15.4. The molecule has 0 aliphatic carbocycles. The molecule has 1 atom stereocenters. The second-order valence-corrected chi connectivity index (χ2v) is 12.3. The number of nitrogens with one attached hydrogen (secondary N) is 2. The van der Waals surface area contributed by atoms with Crippen molar-refractivity contribution < 1.29 is 23.5 Å². The summed E-state index contributed by atoms with van der Waals surface area (Å²) < 4.78 is 17.3. The number of amides is 3. The maximum Gasteiger partial charge on any atom is 0.320 e. The number of carbonyl (C=O) groups excluding carboxylic acids is 2. The lowest BCUT2D eigenvalue weighted by Gasteiger charge is -2.24. The molecule has 0 saturated heterocycles. The van der Waals surface area contributed by atoms with E-state index in [0.717, 1.165) is 22.4 Å². The van der Waals surface area contributed by atoms with Crippen LogP contribution in [-0.4, -0.2) is 47.0 Å². The highest BCUT2D eigenvalue weighted by atomic mass is 28.3. The molecule has 0 fully saturated rings. The molecule has 2 aromatic carbocycles. The smallest absolute Gasteiger partial charge is 0.320 e. The van der Waals surface area contributed by atoms with Crippen molar-refractivity contribution >= 4 is 32.4 Å². The zero-order valence-corrected chi connectivity index (χ0v) is 24.0. The van der Waals surface area contributed by atoms with Crippen LogP contribution in [0.2, 0.25) is 13.1 Å². The van der Waals surface area contributed by atoms with Crippen molar-refractivity contribution in [3.63, 3.8) is 0 Å². The summed E-state index contributed by atoms with van der Waals surface area (Å²) >= 11 is 0. The molecule has 2 N–H and O–H groups in total. The molecule has 1 unspecified atom stereocenters. The number of benzene rings is 2. The molecule has 3 amide bonds.